The summed E-state index contributed by atoms with van der Waals surface area (Å²) in [4.78, 5) is 25.0. The van der Waals surface area contributed by atoms with Crippen molar-refractivity contribution in [1.29, 1.82) is 0 Å². The molecule has 1 saturated heterocycles. The Morgan fingerprint density at radius 3 is 2.72 bits per heavy atom. The molecule has 1 amide bonds. The van der Waals surface area contributed by atoms with Gasteiger partial charge in [-0.05, 0) is 39.0 Å². The van der Waals surface area contributed by atoms with Crippen molar-refractivity contribution in [3.63, 3.8) is 0 Å². The lowest BCUT2D eigenvalue weighted by molar-refractivity contribution is 0.0686. The van der Waals surface area contributed by atoms with Gasteiger partial charge in [-0.25, -0.2) is 4.79 Å². The number of carbonyl (C=O) groups excluding carboxylic acids is 1. The first-order valence-electron chi connectivity index (χ1n) is 5.88. The van der Waals surface area contributed by atoms with E-state index in [1.807, 2.05) is 7.05 Å². The summed E-state index contributed by atoms with van der Waals surface area (Å²) in [7, 11) is 2.03. The van der Waals surface area contributed by atoms with Crippen molar-refractivity contribution in [3.05, 3.63) is 23.7 Å². The van der Waals surface area contributed by atoms with Gasteiger partial charge in [0.1, 0.15) is 5.56 Å². The number of carboxylic acid groups (broad SMARTS) is 1. The third-order valence-corrected chi connectivity index (χ3v) is 3.16. The highest BCUT2D eigenvalue weighted by atomic mass is 16.4. The van der Waals surface area contributed by atoms with E-state index in [0.29, 0.717) is 0 Å². The minimum absolute atomic E-state index is 0.0837. The van der Waals surface area contributed by atoms with E-state index in [9.17, 15) is 9.59 Å². The number of furan rings is 1. The van der Waals surface area contributed by atoms with Crippen LogP contribution >= 0.6 is 0 Å². The smallest absolute Gasteiger partial charge is 0.339 e. The first-order chi connectivity index (χ1) is 8.58. The quantitative estimate of drug-likeness (QED) is 0.831. The molecule has 0 radical (unpaired) electrons. The van der Waals surface area contributed by atoms with Crippen LogP contribution in [0.25, 0.3) is 0 Å². The molecular weight excluding hydrogens is 236 g/mol. The minimum Gasteiger partial charge on any atom is -0.478 e. The van der Waals surface area contributed by atoms with Gasteiger partial charge < -0.3 is 19.7 Å². The standard InChI is InChI=1S/C12H16N2O4/c1-14-5-2-8(3-6-14)13-11(15)10-9(12(16)17)4-7-18-10/h4,7-8H,2-3,5-6H2,1H3,(H,13,15)(H,16,17). The predicted octanol–water partition coefficient (Wildman–Crippen LogP) is 0.802. The van der Waals surface area contributed by atoms with Crippen molar-refractivity contribution in [2.75, 3.05) is 20.1 Å². The largest absolute Gasteiger partial charge is 0.478 e. The fourth-order valence-corrected chi connectivity index (χ4v) is 2.06. The summed E-state index contributed by atoms with van der Waals surface area (Å²) >= 11 is 0. The molecule has 18 heavy (non-hydrogen) atoms. The summed E-state index contributed by atoms with van der Waals surface area (Å²) in [6.45, 7) is 1.85. The minimum atomic E-state index is -1.16. The lowest BCUT2D eigenvalue weighted by Gasteiger charge is -2.29. The van der Waals surface area contributed by atoms with E-state index in [2.05, 4.69) is 10.2 Å². The number of carbonyl (C=O) groups is 2. The maximum absolute atomic E-state index is 11.9. The van der Waals surface area contributed by atoms with E-state index >= 15 is 0 Å². The molecule has 1 aromatic rings. The highest BCUT2D eigenvalue weighted by Gasteiger charge is 2.24. The number of amides is 1. The highest BCUT2D eigenvalue weighted by Crippen LogP contribution is 2.13. The van der Waals surface area contributed by atoms with Crippen LogP contribution in [0.3, 0.4) is 0 Å². The second-order valence-electron chi connectivity index (χ2n) is 4.52. The summed E-state index contributed by atoms with van der Waals surface area (Å²) in [5.74, 6) is -1.73. The highest BCUT2D eigenvalue weighted by molar-refractivity contribution is 6.02. The van der Waals surface area contributed by atoms with Crippen LogP contribution in [0.5, 0.6) is 0 Å². The maximum Gasteiger partial charge on any atom is 0.339 e. The predicted molar refractivity (Wildman–Crippen MR) is 63.7 cm³/mol. The van der Waals surface area contributed by atoms with Crippen LogP contribution in [0.4, 0.5) is 0 Å². The van der Waals surface area contributed by atoms with E-state index in [1.54, 1.807) is 0 Å². The number of aromatic carboxylic acids is 1. The van der Waals surface area contributed by atoms with Gasteiger partial charge in [0.05, 0.1) is 6.26 Å². The topological polar surface area (TPSA) is 82.8 Å². The SMILES string of the molecule is CN1CCC(NC(=O)c2occc2C(=O)O)CC1. The number of hydrogen-bond acceptors (Lipinski definition) is 4. The number of nitrogens with one attached hydrogen (secondary N) is 1. The zero-order valence-electron chi connectivity index (χ0n) is 10.2. The molecule has 1 aliphatic rings. The molecule has 0 saturated carbocycles. The molecule has 2 N–H and O–H groups in total. The van der Waals surface area contributed by atoms with Crippen LogP contribution in [0.15, 0.2) is 16.7 Å². The van der Waals surface area contributed by atoms with Crippen LogP contribution in [0.1, 0.15) is 33.8 Å². The molecule has 0 aromatic carbocycles. The van der Waals surface area contributed by atoms with Crippen LogP contribution < -0.4 is 5.32 Å². The van der Waals surface area contributed by atoms with Crippen molar-refractivity contribution >= 4 is 11.9 Å². The van der Waals surface area contributed by atoms with Crippen molar-refractivity contribution in [3.8, 4) is 0 Å². The molecule has 0 unspecified atom stereocenters. The Kier molecular flexibility index (Phi) is 3.66. The maximum atomic E-state index is 11.9. The molecule has 0 bridgehead atoms. The molecule has 2 rings (SSSR count). The molecule has 1 aliphatic heterocycles. The van der Waals surface area contributed by atoms with Crippen molar-refractivity contribution in [2.24, 2.45) is 0 Å². The van der Waals surface area contributed by atoms with Gasteiger partial charge in [-0.3, -0.25) is 4.79 Å². The van der Waals surface area contributed by atoms with E-state index < -0.39 is 11.9 Å². The first-order valence-corrected chi connectivity index (χ1v) is 5.88. The zero-order valence-corrected chi connectivity index (χ0v) is 10.2. The summed E-state index contributed by atoms with van der Waals surface area (Å²) in [6.07, 6.45) is 2.95. The molecular formula is C12H16N2O4. The fraction of sp³-hybridized carbons (Fsp3) is 0.500. The fourth-order valence-electron chi connectivity index (χ4n) is 2.06. The van der Waals surface area contributed by atoms with Crippen molar-refractivity contribution in [2.45, 2.75) is 18.9 Å². The number of likely N-dealkylation sites (tertiary alicyclic amines) is 1. The summed E-state index contributed by atoms with van der Waals surface area (Å²) in [5, 5.41) is 11.7. The van der Waals surface area contributed by atoms with Gasteiger partial charge in [-0.15, -0.1) is 0 Å². The van der Waals surface area contributed by atoms with E-state index in [1.165, 1.54) is 12.3 Å². The van der Waals surface area contributed by atoms with Crippen LogP contribution in [0.2, 0.25) is 0 Å². The Hall–Kier alpha value is -1.82. The van der Waals surface area contributed by atoms with Gasteiger partial charge in [-0.1, -0.05) is 0 Å². The second-order valence-corrected chi connectivity index (χ2v) is 4.52. The Bertz CT molecular complexity index is 447. The molecule has 6 heteroatoms. The molecule has 0 spiro atoms. The van der Waals surface area contributed by atoms with Crippen LogP contribution in [-0.4, -0.2) is 48.1 Å². The van der Waals surface area contributed by atoms with E-state index in [4.69, 9.17) is 9.52 Å². The van der Waals surface area contributed by atoms with Gasteiger partial charge in [0.15, 0.2) is 0 Å². The monoisotopic (exact) mass is 252 g/mol. The second kappa shape index (κ2) is 5.22. The molecule has 2 heterocycles. The number of rotatable bonds is 3. The molecule has 0 aliphatic carbocycles. The average Bonchev–Trinajstić information content (AvgIpc) is 2.81. The van der Waals surface area contributed by atoms with Gasteiger partial charge in [-0.2, -0.15) is 0 Å². The summed E-state index contributed by atoms with van der Waals surface area (Å²) < 4.78 is 4.95. The molecule has 98 valence electrons. The molecule has 6 nitrogen and oxygen atoms in total. The summed E-state index contributed by atoms with van der Waals surface area (Å²) in [5.41, 5.74) is -0.0968. The Labute approximate surface area is 105 Å². The molecule has 1 fully saturated rings. The lowest BCUT2D eigenvalue weighted by atomic mass is 10.1. The third-order valence-electron chi connectivity index (χ3n) is 3.16. The Morgan fingerprint density at radius 2 is 2.11 bits per heavy atom. The van der Waals surface area contributed by atoms with Crippen LogP contribution in [-0.2, 0) is 0 Å². The average molecular weight is 252 g/mol. The third kappa shape index (κ3) is 2.70. The van der Waals surface area contributed by atoms with Gasteiger partial charge in [0.25, 0.3) is 5.91 Å². The lowest BCUT2D eigenvalue weighted by Crippen LogP contribution is -2.43. The number of hydrogen-bond donors (Lipinski definition) is 2. The number of nitrogens with zero attached hydrogens (tertiary/aromatic N) is 1. The summed E-state index contributed by atoms with van der Waals surface area (Å²) in [6, 6.07) is 1.37. The number of piperidine rings is 1. The van der Waals surface area contributed by atoms with Gasteiger partial charge in [0, 0.05) is 6.04 Å². The molecule has 0 atom stereocenters. The molecule has 1 aromatic heterocycles. The van der Waals surface area contributed by atoms with Gasteiger partial charge in [0.2, 0.25) is 5.76 Å². The van der Waals surface area contributed by atoms with Crippen LogP contribution in [0, 0.1) is 0 Å². The normalized spacial score (nSPS) is 17.6. The van der Waals surface area contributed by atoms with Gasteiger partial charge >= 0.3 is 5.97 Å². The Morgan fingerprint density at radius 1 is 1.44 bits per heavy atom. The Balaban J connectivity index is 1.99. The van der Waals surface area contributed by atoms with Crippen molar-refractivity contribution in [1.82, 2.24) is 10.2 Å². The van der Waals surface area contributed by atoms with Crippen molar-refractivity contribution < 1.29 is 19.1 Å². The van der Waals surface area contributed by atoms with E-state index in [0.717, 1.165) is 25.9 Å². The first kappa shape index (κ1) is 12.6. The zero-order chi connectivity index (χ0) is 13.1. The number of carboxylic acids is 1. The van der Waals surface area contributed by atoms with E-state index in [-0.39, 0.29) is 17.4 Å².